The van der Waals surface area contributed by atoms with E-state index < -0.39 is 0 Å². The number of carbonyl (C=O) groups is 1. The molecule has 0 aromatic carbocycles. The summed E-state index contributed by atoms with van der Waals surface area (Å²) in [5.74, 6) is 0.630. The van der Waals surface area contributed by atoms with Crippen molar-refractivity contribution >= 4 is 5.91 Å². The molecule has 2 fully saturated rings. The predicted octanol–water partition coefficient (Wildman–Crippen LogP) is 1.76. The number of hydrogen-bond donors (Lipinski definition) is 1. The van der Waals surface area contributed by atoms with Gasteiger partial charge in [0.05, 0.1) is 12.1 Å². The van der Waals surface area contributed by atoms with E-state index in [1.165, 1.54) is 5.56 Å². The summed E-state index contributed by atoms with van der Waals surface area (Å²) in [5.41, 5.74) is 1.33. The summed E-state index contributed by atoms with van der Waals surface area (Å²) in [6.45, 7) is 9.30. The number of nitrogens with zero attached hydrogens (tertiary/aromatic N) is 3. The summed E-state index contributed by atoms with van der Waals surface area (Å²) < 4.78 is 1.82. The zero-order valence-electron chi connectivity index (χ0n) is 14.2. The summed E-state index contributed by atoms with van der Waals surface area (Å²) in [5, 5.41) is 7.67. The number of nitrogens with one attached hydrogen (secondary N) is 1. The van der Waals surface area contributed by atoms with Crippen molar-refractivity contribution in [3.63, 3.8) is 0 Å². The van der Waals surface area contributed by atoms with Crippen LogP contribution in [0.3, 0.4) is 0 Å². The van der Waals surface area contributed by atoms with Gasteiger partial charge in [0.15, 0.2) is 0 Å². The molecule has 0 saturated carbocycles. The molecular formula is C17H28N4O. The number of amides is 1. The van der Waals surface area contributed by atoms with E-state index in [2.05, 4.69) is 36.1 Å². The summed E-state index contributed by atoms with van der Waals surface area (Å²) in [4.78, 5) is 15.3. The van der Waals surface area contributed by atoms with Crippen LogP contribution in [0.4, 0.5) is 0 Å². The highest BCUT2D eigenvalue weighted by atomic mass is 16.2. The normalized spacial score (nSPS) is 29.3. The molecule has 3 atom stereocenters. The summed E-state index contributed by atoms with van der Waals surface area (Å²) >= 11 is 0. The first-order valence-electron chi connectivity index (χ1n) is 8.37. The largest absolute Gasteiger partial charge is 0.339 e. The van der Waals surface area contributed by atoms with Crippen LogP contribution in [0, 0.1) is 11.3 Å². The molecule has 1 aromatic heterocycles. The van der Waals surface area contributed by atoms with Crippen LogP contribution in [-0.2, 0) is 11.8 Å². The second-order valence-electron chi connectivity index (χ2n) is 7.87. The van der Waals surface area contributed by atoms with Gasteiger partial charge in [-0.25, -0.2) is 0 Å². The summed E-state index contributed by atoms with van der Waals surface area (Å²) in [6, 6.07) is 0.371. The molecule has 5 heteroatoms. The molecule has 1 amide bonds. The maximum Gasteiger partial charge on any atom is 0.227 e. The zero-order valence-corrected chi connectivity index (χ0v) is 14.2. The molecule has 0 spiro atoms. The lowest BCUT2D eigenvalue weighted by atomic mass is 9.84. The molecule has 1 N–H and O–H groups in total. The minimum absolute atomic E-state index is 0.0483. The number of likely N-dealkylation sites (tertiary alicyclic amines) is 1. The van der Waals surface area contributed by atoms with Crippen LogP contribution < -0.4 is 5.32 Å². The van der Waals surface area contributed by atoms with Gasteiger partial charge >= 0.3 is 0 Å². The van der Waals surface area contributed by atoms with Crippen molar-refractivity contribution < 1.29 is 4.79 Å². The Kier molecular flexibility index (Phi) is 4.02. The molecular weight excluding hydrogens is 276 g/mol. The average molecular weight is 304 g/mol. The first-order chi connectivity index (χ1) is 10.4. The van der Waals surface area contributed by atoms with E-state index in [0.717, 1.165) is 32.5 Å². The first kappa shape index (κ1) is 15.5. The third-order valence-corrected chi connectivity index (χ3v) is 5.22. The summed E-state index contributed by atoms with van der Waals surface area (Å²) in [7, 11) is 1.93. The Balaban J connectivity index is 1.79. The lowest BCUT2D eigenvalue weighted by molar-refractivity contribution is -0.138. The van der Waals surface area contributed by atoms with Gasteiger partial charge in [0, 0.05) is 44.8 Å². The molecule has 5 nitrogen and oxygen atoms in total. The fraction of sp³-hybridized carbons (Fsp3) is 0.765. The van der Waals surface area contributed by atoms with Crippen LogP contribution in [0.25, 0.3) is 0 Å². The smallest absolute Gasteiger partial charge is 0.227 e. The van der Waals surface area contributed by atoms with Crippen molar-refractivity contribution in [2.75, 3.05) is 19.6 Å². The molecule has 3 heterocycles. The minimum Gasteiger partial charge on any atom is -0.339 e. The fourth-order valence-electron chi connectivity index (χ4n) is 4.06. The Labute approximate surface area is 133 Å². The molecule has 2 aliphatic rings. The maximum atomic E-state index is 13.2. The van der Waals surface area contributed by atoms with Crippen LogP contribution in [0.15, 0.2) is 12.4 Å². The van der Waals surface area contributed by atoms with Crippen molar-refractivity contribution in [2.24, 2.45) is 18.4 Å². The third-order valence-electron chi connectivity index (χ3n) is 5.22. The van der Waals surface area contributed by atoms with Gasteiger partial charge in [-0.1, -0.05) is 20.8 Å². The molecule has 0 radical (unpaired) electrons. The van der Waals surface area contributed by atoms with Gasteiger partial charge in [-0.15, -0.1) is 0 Å². The van der Waals surface area contributed by atoms with Crippen LogP contribution >= 0.6 is 0 Å². The second kappa shape index (κ2) is 5.69. The Bertz CT molecular complexity index is 545. The van der Waals surface area contributed by atoms with Gasteiger partial charge in [-0.2, -0.15) is 5.10 Å². The second-order valence-corrected chi connectivity index (χ2v) is 7.87. The lowest BCUT2D eigenvalue weighted by Crippen LogP contribution is -2.46. The van der Waals surface area contributed by atoms with E-state index in [1.807, 2.05) is 24.1 Å². The Hall–Kier alpha value is -1.36. The van der Waals surface area contributed by atoms with Crippen molar-refractivity contribution in [1.29, 1.82) is 0 Å². The minimum atomic E-state index is 0.0483. The highest BCUT2D eigenvalue weighted by Gasteiger charge is 2.43. The topological polar surface area (TPSA) is 50.2 Å². The molecule has 0 aliphatic carbocycles. The third kappa shape index (κ3) is 2.78. The molecule has 122 valence electrons. The monoisotopic (exact) mass is 304 g/mol. The zero-order chi connectivity index (χ0) is 15.9. The van der Waals surface area contributed by atoms with Gasteiger partial charge in [-0.05, 0) is 23.8 Å². The van der Waals surface area contributed by atoms with E-state index in [-0.39, 0.29) is 17.3 Å². The van der Waals surface area contributed by atoms with Gasteiger partial charge in [0.2, 0.25) is 5.91 Å². The van der Waals surface area contributed by atoms with Gasteiger partial charge < -0.3 is 10.2 Å². The molecule has 1 unspecified atom stereocenters. The van der Waals surface area contributed by atoms with E-state index in [9.17, 15) is 4.79 Å². The molecule has 0 bridgehead atoms. The molecule has 2 saturated heterocycles. The number of rotatable bonds is 2. The standard InChI is InChI=1S/C17H28N4O/c1-17(2,3)15-6-5-7-21(15)16(22)14-10-18-9-13(14)12-8-19-20(4)11-12/h8,11,13-15,18H,5-7,9-10H2,1-4H3/t13-,14+,15?/m1/s1. The van der Waals surface area contributed by atoms with Crippen LogP contribution in [0.5, 0.6) is 0 Å². The van der Waals surface area contributed by atoms with E-state index >= 15 is 0 Å². The number of carbonyl (C=O) groups excluding carboxylic acids is 1. The molecule has 1 aromatic rings. The van der Waals surface area contributed by atoms with Crippen LogP contribution in [0.2, 0.25) is 0 Å². The first-order valence-corrected chi connectivity index (χ1v) is 8.37. The van der Waals surface area contributed by atoms with Gasteiger partial charge in [-0.3, -0.25) is 9.48 Å². The van der Waals surface area contributed by atoms with Crippen molar-refractivity contribution in [3.8, 4) is 0 Å². The molecule has 2 aliphatic heterocycles. The summed E-state index contributed by atoms with van der Waals surface area (Å²) in [6.07, 6.45) is 6.21. The average Bonchev–Trinajstić information content (AvgIpc) is 3.16. The van der Waals surface area contributed by atoms with E-state index in [1.54, 1.807) is 0 Å². The molecule has 22 heavy (non-hydrogen) atoms. The number of aromatic nitrogens is 2. The molecule has 3 rings (SSSR count). The SMILES string of the molecule is Cn1cc([C@H]2CNC[C@@H]2C(=O)N2CCCC2C(C)(C)C)cn1. The van der Waals surface area contributed by atoms with Gasteiger partial charge in [0.25, 0.3) is 0 Å². The Morgan fingerprint density at radius 3 is 2.77 bits per heavy atom. The van der Waals surface area contributed by atoms with E-state index in [4.69, 9.17) is 0 Å². The van der Waals surface area contributed by atoms with E-state index in [0.29, 0.717) is 11.9 Å². The lowest BCUT2D eigenvalue weighted by Gasteiger charge is -2.37. The van der Waals surface area contributed by atoms with Crippen LogP contribution in [-0.4, -0.2) is 46.3 Å². The highest BCUT2D eigenvalue weighted by molar-refractivity contribution is 5.81. The highest BCUT2D eigenvalue weighted by Crippen LogP contribution is 2.36. The van der Waals surface area contributed by atoms with Crippen molar-refractivity contribution in [1.82, 2.24) is 20.0 Å². The fourth-order valence-corrected chi connectivity index (χ4v) is 4.06. The predicted molar refractivity (Wildman–Crippen MR) is 86.5 cm³/mol. The quantitative estimate of drug-likeness (QED) is 0.906. The van der Waals surface area contributed by atoms with Crippen molar-refractivity contribution in [2.45, 2.75) is 45.6 Å². The number of hydrogen-bond acceptors (Lipinski definition) is 3. The maximum absolute atomic E-state index is 13.2. The number of aryl methyl sites for hydroxylation is 1. The van der Waals surface area contributed by atoms with Crippen LogP contribution in [0.1, 0.15) is 45.1 Å². The van der Waals surface area contributed by atoms with Crippen molar-refractivity contribution in [3.05, 3.63) is 18.0 Å². The van der Waals surface area contributed by atoms with Gasteiger partial charge in [0.1, 0.15) is 0 Å². The Morgan fingerprint density at radius 1 is 1.36 bits per heavy atom. The Morgan fingerprint density at radius 2 is 2.14 bits per heavy atom.